The average molecular weight is 998 g/mol. The van der Waals surface area contributed by atoms with Crippen LogP contribution in [0.3, 0.4) is 0 Å². The second-order valence-corrected chi connectivity index (χ2v) is 17.2. The quantitative estimate of drug-likeness (QED) is 0.0206. The third kappa shape index (κ3) is 17.6. The number of aliphatic hydroxyl groups is 1. The number of phenols is 4. The van der Waals surface area contributed by atoms with Crippen molar-refractivity contribution in [2.24, 2.45) is 0 Å². The lowest BCUT2D eigenvalue weighted by Gasteiger charge is -2.21. The molecule has 0 unspecified atom stereocenters. The van der Waals surface area contributed by atoms with E-state index in [1.807, 2.05) is 38.1 Å². The van der Waals surface area contributed by atoms with Gasteiger partial charge in [0, 0.05) is 48.1 Å². The Hall–Kier alpha value is -7.64. The van der Waals surface area contributed by atoms with Gasteiger partial charge in [-0.3, -0.25) is 14.4 Å². The van der Waals surface area contributed by atoms with Gasteiger partial charge >= 0.3 is 5.97 Å². The molecule has 0 aliphatic rings. The Bertz CT molecular complexity index is 2640. The van der Waals surface area contributed by atoms with Crippen molar-refractivity contribution in [3.8, 4) is 34.5 Å². The van der Waals surface area contributed by atoms with Crippen LogP contribution in [0, 0.1) is 0 Å². The number of aliphatic hydroxyl groups excluding tert-OH is 1. The summed E-state index contributed by atoms with van der Waals surface area (Å²) in [5, 5.41) is 49.2. The lowest BCUT2D eigenvalue weighted by Crippen LogP contribution is -2.21. The first kappa shape index (κ1) is 57.9. The Labute approximate surface area is 429 Å². The van der Waals surface area contributed by atoms with Gasteiger partial charge in [0.25, 0.3) is 0 Å². The normalized spacial score (nSPS) is 10.5. The third-order valence-corrected chi connectivity index (χ3v) is 11.9. The van der Waals surface area contributed by atoms with Crippen LogP contribution in [0.4, 0.5) is 5.69 Å². The molecule has 0 fully saturated rings. The lowest BCUT2D eigenvalue weighted by molar-refractivity contribution is 0.0494. The number of anilines is 1. The van der Waals surface area contributed by atoms with Crippen molar-refractivity contribution in [1.82, 2.24) is 0 Å². The Morgan fingerprint density at radius 3 is 1.52 bits per heavy atom. The fourth-order valence-corrected chi connectivity index (χ4v) is 7.73. The predicted molar refractivity (Wildman–Crippen MR) is 285 cm³/mol. The fraction of sp³-hybridized carbons (Fsp3) is 0.333. The molecule has 0 aliphatic heterocycles. The first-order valence-electron chi connectivity index (χ1n) is 25.1. The van der Waals surface area contributed by atoms with E-state index in [4.69, 9.17) is 19.3 Å². The maximum Gasteiger partial charge on any atom is 0.338 e. The van der Waals surface area contributed by atoms with Gasteiger partial charge in [-0.2, -0.15) is 0 Å². The molecule has 5 N–H and O–H groups in total. The van der Waals surface area contributed by atoms with Gasteiger partial charge in [-0.05, 0) is 86.8 Å². The summed E-state index contributed by atoms with van der Waals surface area (Å²) in [6.45, 7) is 10.7. The minimum atomic E-state index is -0.510. The molecular formula is C60H71NO12. The smallest absolute Gasteiger partial charge is 0.338 e. The summed E-state index contributed by atoms with van der Waals surface area (Å²) in [6, 6.07) is 34.0. The van der Waals surface area contributed by atoms with E-state index in [1.165, 1.54) is 69.2 Å². The SMILES string of the molecule is CCCCCCCCOc1ccc(C(=O)c2ccccc2)c(O)c1.CCCCCCOC(=O)c1ccccc1C(=O)c1ccc(N(CC)CC)cc1O.COc1ccc(C(=O)c2ccc(CO)cc2O)c(O)c1. The van der Waals surface area contributed by atoms with Gasteiger partial charge < -0.3 is 44.6 Å². The molecular weight excluding hydrogens is 927 g/mol. The van der Waals surface area contributed by atoms with E-state index in [0.717, 1.165) is 57.3 Å². The van der Waals surface area contributed by atoms with Crippen LogP contribution in [0.15, 0.2) is 127 Å². The van der Waals surface area contributed by atoms with Crippen molar-refractivity contribution in [2.45, 2.75) is 98.5 Å². The summed E-state index contributed by atoms with van der Waals surface area (Å²) >= 11 is 0. The topological polar surface area (TPSA) is 200 Å². The van der Waals surface area contributed by atoms with Crippen LogP contribution < -0.4 is 14.4 Å². The summed E-state index contributed by atoms with van der Waals surface area (Å²) in [6.07, 6.45) is 11.3. The van der Waals surface area contributed by atoms with E-state index in [1.54, 1.807) is 66.7 Å². The largest absolute Gasteiger partial charge is 0.507 e. The molecule has 6 rings (SSSR count). The number of ketones is 3. The first-order chi connectivity index (χ1) is 35.3. The summed E-state index contributed by atoms with van der Waals surface area (Å²) in [5.41, 5.74) is 2.96. The molecule has 0 amide bonds. The van der Waals surface area contributed by atoms with Gasteiger partial charge in [0.15, 0.2) is 17.3 Å². The molecule has 6 aromatic carbocycles. The molecule has 73 heavy (non-hydrogen) atoms. The second-order valence-electron chi connectivity index (χ2n) is 17.2. The maximum absolute atomic E-state index is 13.0. The van der Waals surface area contributed by atoms with Gasteiger partial charge in [0.1, 0.15) is 34.5 Å². The van der Waals surface area contributed by atoms with Crippen LogP contribution in [-0.2, 0) is 11.3 Å². The molecule has 388 valence electrons. The number of nitrogens with zero attached hydrogens (tertiary/aromatic N) is 1. The highest BCUT2D eigenvalue weighted by atomic mass is 16.5. The van der Waals surface area contributed by atoms with Crippen molar-refractivity contribution < 1.29 is 58.9 Å². The minimum Gasteiger partial charge on any atom is -0.507 e. The molecule has 0 bridgehead atoms. The monoisotopic (exact) mass is 997 g/mol. The Morgan fingerprint density at radius 2 is 0.945 bits per heavy atom. The van der Waals surface area contributed by atoms with Gasteiger partial charge in [-0.25, -0.2) is 4.79 Å². The van der Waals surface area contributed by atoms with Crippen LogP contribution in [0.5, 0.6) is 34.5 Å². The fourth-order valence-electron chi connectivity index (χ4n) is 7.73. The number of ether oxygens (including phenoxy) is 3. The van der Waals surface area contributed by atoms with Crippen LogP contribution in [0.25, 0.3) is 0 Å². The van der Waals surface area contributed by atoms with Crippen LogP contribution in [0.1, 0.15) is 156 Å². The number of carbonyl (C=O) groups excluding carboxylic acids is 4. The molecule has 0 atom stereocenters. The third-order valence-electron chi connectivity index (χ3n) is 11.9. The van der Waals surface area contributed by atoms with Crippen molar-refractivity contribution in [2.75, 3.05) is 38.3 Å². The number of carbonyl (C=O) groups is 4. The van der Waals surface area contributed by atoms with Crippen LogP contribution in [0.2, 0.25) is 0 Å². The average Bonchev–Trinajstić information content (AvgIpc) is 3.41. The molecule has 0 spiro atoms. The number of rotatable bonds is 25. The summed E-state index contributed by atoms with van der Waals surface area (Å²) in [5.74, 6) is -1.16. The standard InChI is InChI=1S/C24H31NO4.C21H26O3.C15H14O5/c1-4-7-8-11-16-29-24(28)20-13-10-9-12-19(20)23(27)21-15-14-18(17-22(21)26)25(5-2)6-3;1-2-3-4-5-6-10-15-24-18-13-14-19(20(22)16-18)21(23)17-11-8-7-9-12-17;1-20-10-3-5-12(14(18)7-10)15(19)11-4-2-9(8-16)6-13(11)17/h9-10,12-15,17,26H,4-8,11,16H2,1-3H3;7-9,11-14,16,22H,2-6,10,15H2,1H3;2-7,16-18H,8H2,1H3. The molecule has 6 aromatic rings. The van der Waals surface area contributed by atoms with E-state index in [-0.39, 0.29) is 63.2 Å². The zero-order chi connectivity index (χ0) is 53.1. The Morgan fingerprint density at radius 1 is 0.466 bits per heavy atom. The molecule has 0 aliphatic carbocycles. The molecule has 0 saturated carbocycles. The van der Waals surface area contributed by atoms with Crippen molar-refractivity contribution in [1.29, 1.82) is 0 Å². The predicted octanol–water partition coefficient (Wildman–Crippen LogP) is 12.4. The Balaban J connectivity index is 0.000000241. The first-order valence-corrected chi connectivity index (χ1v) is 25.1. The summed E-state index contributed by atoms with van der Waals surface area (Å²) < 4.78 is 16.0. The van der Waals surface area contributed by atoms with Gasteiger partial charge in [-0.1, -0.05) is 120 Å². The highest BCUT2D eigenvalue weighted by Gasteiger charge is 2.22. The van der Waals surface area contributed by atoms with Crippen LogP contribution in [-0.4, -0.2) is 82.3 Å². The van der Waals surface area contributed by atoms with Crippen molar-refractivity contribution in [3.63, 3.8) is 0 Å². The molecule has 0 saturated heterocycles. The lowest BCUT2D eigenvalue weighted by atomic mass is 9.97. The van der Waals surface area contributed by atoms with E-state index >= 15 is 0 Å². The number of methoxy groups -OCH3 is 1. The number of phenolic OH excluding ortho intramolecular Hbond substituents is 4. The molecule has 0 heterocycles. The van der Waals surface area contributed by atoms with Crippen molar-refractivity contribution >= 4 is 29.0 Å². The zero-order valence-corrected chi connectivity index (χ0v) is 42.8. The Kier molecular flexibility index (Phi) is 24.6. The maximum atomic E-state index is 13.0. The summed E-state index contributed by atoms with van der Waals surface area (Å²) in [7, 11) is 1.45. The zero-order valence-electron chi connectivity index (χ0n) is 42.8. The van der Waals surface area contributed by atoms with E-state index in [9.17, 15) is 39.6 Å². The molecule has 0 radical (unpaired) electrons. The number of aromatic hydroxyl groups is 4. The summed E-state index contributed by atoms with van der Waals surface area (Å²) in [4.78, 5) is 52.3. The van der Waals surface area contributed by atoms with E-state index in [2.05, 4.69) is 18.7 Å². The number of hydrogen-bond donors (Lipinski definition) is 5. The van der Waals surface area contributed by atoms with Gasteiger partial charge in [-0.15, -0.1) is 0 Å². The van der Waals surface area contributed by atoms with E-state index < -0.39 is 17.5 Å². The number of esters is 1. The number of benzene rings is 6. The molecule has 0 aromatic heterocycles. The number of unbranched alkanes of at least 4 members (excludes halogenated alkanes) is 8. The van der Waals surface area contributed by atoms with Crippen molar-refractivity contribution in [3.05, 3.63) is 172 Å². The molecule has 13 heteroatoms. The highest BCUT2D eigenvalue weighted by Crippen LogP contribution is 2.31. The number of hydrogen-bond acceptors (Lipinski definition) is 13. The van der Waals surface area contributed by atoms with Crippen LogP contribution >= 0.6 is 0 Å². The van der Waals surface area contributed by atoms with Gasteiger partial charge in [0.2, 0.25) is 0 Å². The minimum absolute atomic E-state index is 0.0377. The van der Waals surface area contributed by atoms with Gasteiger partial charge in [0.05, 0.1) is 54.7 Å². The second kappa shape index (κ2) is 31.0. The molecule has 13 nitrogen and oxygen atoms in total. The van der Waals surface area contributed by atoms with E-state index in [0.29, 0.717) is 41.4 Å². The highest BCUT2D eigenvalue weighted by molar-refractivity contribution is 6.16.